The molecule has 1 aliphatic carbocycles. The zero-order valence-corrected chi connectivity index (χ0v) is 19.7. The molecule has 0 bridgehead atoms. The molecule has 2 amide bonds. The molecule has 2 fully saturated rings. The van der Waals surface area contributed by atoms with Crippen LogP contribution in [0.2, 0.25) is 5.02 Å². The van der Waals surface area contributed by atoms with E-state index in [4.69, 9.17) is 17.3 Å². The van der Waals surface area contributed by atoms with Crippen LogP contribution in [0, 0.1) is 0 Å². The molecule has 0 atom stereocenters. The number of nitrogens with one attached hydrogen (secondary N) is 2. The van der Waals surface area contributed by atoms with Gasteiger partial charge >= 0.3 is 11.7 Å². The number of nitrogens with zero attached hydrogens (tertiary/aromatic N) is 4. The van der Waals surface area contributed by atoms with Crippen LogP contribution < -0.4 is 22.1 Å². The SMILES string of the molecule is CN(Cc1ccc(-n2ccc(NC(=O)N3CCNCC3)nc2=O)cc1Cl)[C@H]1CC[C@H](N)CC1. The largest absolute Gasteiger partial charge is 0.354 e. The number of rotatable bonds is 5. The maximum Gasteiger partial charge on any atom is 0.354 e. The molecule has 2 heterocycles. The van der Waals surface area contributed by atoms with Gasteiger partial charge < -0.3 is 16.0 Å². The maximum atomic E-state index is 12.6. The van der Waals surface area contributed by atoms with Gasteiger partial charge in [-0.2, -0.15) is 4.98 Å². The van der Waals surface area contributed by atoms with Gasteiger partial charge in [0.1, 0.15) is 5.82 Å². The van der Waals surface area contributed by atoms with E-state index in [9.17, 15) is 9.59 Å². The van der Waals surface area contributed by atoms with Gasteiger partial charge in [0.2, 0.25) is 0 Å². The van der Waals surface area contributed by atoms with E-state index in [2.05, 4.69) is 27.6 Å². The molecule has 4 rings (SSSR count). The second-order valence-corrected chi connectivity index (χ2v) is 9.30. The molecule has 4 N–H and O–H groups in total. The van der Waals surface area contributed by atoms with Crippen molar-refractivity contribution in [1.29, 1.82) is 0 Å². The van der Waals surface area contributed by atoms with Crippen LogP contribution >= 0.6 is 11.6 Å². The molecule has 1 aliphatic heterocycles. The number of carbonyl (C=O) groups is 1. The highest BCUT2D eigenvalue weighted by Crippen LogP contribution is 2.26. The van der Waals surface area contributed by atoms with Crippen molar-refractivity contribution in [1.82, 2.24) is 24.7 Å². The van der Waals surface area contributed by atoms with E-state index in [-0.39, 0.29) is 11.8 Å². The number of hydrogen-bond donors (Lipinski definition) is 3. The lowest BCUT2D eigenvalue weighted by Gasteiger charge is -2.33. The Labute approximate surface area is 198 Å². The Kier molecular flexibility index (Phi) is 7.64. The first-order valence-electron chi connectivity index (χ1n) is 11.5. The molecular weight excluding hydrogens is 442 g/mol. The third kappa shape index (κ3) is 5.92. The molecule has 1 saturated carbocycles. The number of nitrogens with two attached hydrogens (primary N) is 1. The van der Waals surface area contributed by atoms with Crippen LogP contribution in [0.3, 0.4) is 0 Å². The summed E-state index contributed by atoms with van der Waals surface area (Å²) in [4.78, 5) is 33.0. The first-order chi connectivity index (χ1) is 15.9. The summed E-state index contributed by atoms with van der Waals surface area (Å²) >= 11 is 6.57. The topological polar surface area (TPSA) is 109 Å². The Morgan fingerprint density at radius 1 is 1.24 bits per heavy atom. The minimum absolute atomic E-state index is 0.233. The molecule has 178 valence electrons. The number of carbonyl (C=O) groups excluding carboxylic acids is 1. The summed E-state index contributed by atoms with van der Waals surface area (Å²) in [5, 5.41) is 6.51. The summed E-state index contributed by atoms with van der Waals surface area (Å²) in [6.07, 6.45) is 5.93. The van der Waals surface area contributed by atoms with Gasteiger partial charge in [0.25, 0.3) is 0 Å². The number of urea groups is 1. The lowest BCUT2D eigenvalue weighted by Crippen LogP contribution is -2.48. The monoisotopic (exact) mass is 473 g/mol. The number of benzene rings is 1. The molecule has 0 unspecified atom stereocenters. The fourth-order valence-corrected chi connectivity index (χ4v) is 4.71. The fourth-order valence-electron chi connectivity index (χ4n) is 4.48. The lowest BCUT2D eigenvalue weighted by molar-refractivity contribution is 0.176. The zero-order chi connectivity index (χ0) is 23.4. The highest BCUT2D eigenvalue weighted by molar-refractivity contribution is 6.31. The minimum atomic E-state index is -0.479. The van der Waals surface area contributed by atoms with Crippen molar-refractivity contribution in [2.45, 2.75) is 44.3 Å². The van der Waals surface area contributed by atoms with E-state index in [0.717, 1.165) is 50.9 Å². The van der Waals surface area contributed by atoms with Crippen molar-refractivity contribution >= 4 is 23.4 Å². The van der Waals surface area contributed by atoms with Crippen molar-refractivity contribution in [2.75, 3.05) is 38.5 Å². The summed E-state index contributed by atoms with van der Waals surface area (Å²) in [6.45, 7) is 3.49. The molecular formula is C23H32ClN7O2. The number of amides is 2. The van der Waals surface area contributed by atoms with Crippen LogP contribution in [0.5, 0.6) is 0 Å². The van der Waals surface area contributed by atoms with Crippen molar-refractivity contribution in [3.05, 3.63) is 51.5 Å². The van der Waals surface area contributed by atoms with Gasteiger partial charge in [0, 0.05) is 56.0 Å². The summed E-state index contributed by atoms with van der Waals surface area (Å²) in [5.74, 6) is 0.233. The molecule has 9 nitrogen and oxygen atoms in total. The maximum absolute atomic E-state index is 12.6. The molecule has 2 aromatic rings. The van der Waals surface area contributed by atoms with E-state index in [0.29, 0.717) is 35.9 Å². The Morgan fingerprint density at radius 2 is 1.97 bits per heavy atom. The van der Waals surface area contributed by atoms with Gasteiger partial charge in [-0.3, -0.25) is 14.8 Å². The molecule has 0 spiro atoms. The number of anilines is 1. The highest BCUT2D eigenvalue weighted by atomic mass is 35.5. The average Bonchev–Trinajstić information content (AvgIpc) is 2.81. The van der Waals surface area contributed by atoms with Crippen LogP contribution in [-0.2, 0) is 6.54 Å². The normalized spacial score (nSPS) is 21.3. The van der Waals surface area contributed by atoms with Gasteiger partial charge in [-0.25, -0.2) is 9.59 Å². The molecule has 1 aromatic heterocycles. The molecule has 2 aliphatic rings. The van der Waals surface area contributed by atoms with Crippen LogP contribution in [-0.4, -0.2) is 70.7 Å². The van der Waals surface area contributed by atoms with Crippen LogP contribution in [0.25, 0.3) is 5.69 Å². The van der Waals surface area contributed by atoms with Crippen LogP contribution in [0.1, 0.15) is 31.2 Å². The fraction of sp³-hybridized carbons (Fsp3) is 0.522. The number of halogens is 1. The van der Waals surface area contributed by atoms with E-state index in [1.807, 2.05) is 12.1 Å². The Hall–Kier alpha value is -2.46. The zero-order valence-electron chi connectivity index (χ0n) is 19.0. The average molecular weight is 474 g/mol. The van der Waals surface area contributed by atoms with Gasteiger partial charge in [0.15, 0.2) is 0 Å². The number of hydrogen-bond acceptors (Lipinski definition) is 6. The quantitative estimate of drug-likeness (QED) is 0.613. The van der Waals surface area contributed by atoms with Crippen molar-refractivity contribution < 1.29 is 4.79 Å². The second kappa shape index (κ2) is 10.6. The number of aromatic nitrogens is 2. The Morgan fingerprint density at radius 3 is 2.64 bits per heavy atom. The van der Waals surface area contributed by atoms with E-state index < -0.39 is 5.69 Å². The molecule has 0 radical (unpaired) electrons. The summed E-state index contributed by atoms with van der Waals surface area (Å²) in [7, 11) is 2.12. The minimum Gasteiger partial charge on any atom is -0.328 e. The summed E-state index contributed by atoms with van der Waals surface area (Å²) in [6, 6.07) is 7.80. The van der Waals surface area contributed by atoms with Crippen LogP contribution in [0.4, 0.5) is 10.6 Å². The van der Waals surface area contributed by atoms with Crippen molar-refractivity contribution in [3.8, 4) is 5.69 Å². The predicted molar refractivity (Wildman–Crippen MR) is 130 cm³/mol. The van der Waals surface area contributed by atoms with Gasteiger partial charge in [-0.1, -0.05) is 17.7 Å². The van der Waals surface area contributed by atoms with E-state index in [1.165, 1.54) is 4.57 Å². The lowest BCUT2D eigenvalue weighted by atomic mass is 9.91. The van der Waals surface area contributed by atoms with Gasteiger partial charge in [0.05, 0.1) is 5.69 Å². The Bertz CT molecular complexity index is 1030. The van der Waals surface area contributed by atoms with E-state index >= 15 is 0 Å². The molecule has 33 heavy (non-hydrogen) atoms. The first kappa shape index (κ1) is 23.7. The van der Waals surface area contributed by atoms with Crippen molar-refractivity contribution in [3.63, 3.8) is 0 Å². The summed E-state index contributed by atoms with van der Waals surface area (Å²) < 4.78 is 1.42. The third-order valence-electron chi connectivity index (χ3n) is 6.54. The Balaban J connectivity index is 1.41. The van der Waals surface area contributed by atoms with Crippen molar-refractivity contribution in [2.24, 2.45) is 5.73 Å². The number of piperazine rings is 1. The first-order valence-corrected chi connectivity index (χ1v) is 11.9. The summed E-state index contributed by atoms with van der Waals surface area (Å²) in [5.41, 5.74) is 7.19. The van der Waals surface area contributed by atoms with Gasteiger partial charge in [-0.15, -0.1) is 0 Å². The molecule has 1 saturated heterocycles. The second-order valence-electron chi connectivity index (χ2n) is 8.89. The van der Waals surface area contributed by atoms with E-state index in [1.54, 1.807) is 23.2 Å². The molecule has 1 aromatic carbocycles. The molecule has 10 heteroatoms. The smallest absolute Gasteiger partial charge is 0.328 e. The predicted octanol–water partition coefficient (Wildman–Crippen LogP) is 2.02. The van der Waals surface area contributed by atoms with Gasteiger partial charge in [-0.05, 0) is 56.5 Å². The standard InChI is InChI=1S/C23H32ClN7O2/c1-29(18-6-3-17(25)4-7-18)15-16-2-5-19(14-20(16)24)31-11-8-21(28-23(31)33)27-22(32)30-12-9-26-10-13-30/h2,5,8,11,14,17-18,26H,3-4,6-7,9-10,12-13,15,25H2,1H3,(H,27,28,32,33)/t17-,18-. The third-order valence-corrected chi connectivity index (χ3v) is 6.89. The van der Waals surface area contributed by atoms with Crippen LogP contribution in [0.15, 0.2) is 35.3 Å². The highest BCUT2D eigenvalue weighted by Gasteiger charge is 2.22.